The maximum Gasteiger partial charge on any atom is 0.225 e. The number of carbonyl (C=O) groups excluding carboxylic acids is 1. The molecule has 1 aliphatic rings. The zero-order valence-corrected chi connectivity index (χ0v) is 12.4. The Labute approximate surface area is 120 Å². The van der Waals surface area contributed by atoms with Crippen LogP contribution in [0.2, 0.25) is 5.02 Å². The summed E-state index contributed by atoms with van der Waals surface area (Å²) >= 11 is 9.34. The molecule has 2 rings (SSSR count). The van der Waals surface area contributed by atoms with Crippen molar-refractivity contribution >= 4 is 39.1 Å². The van der Waals surface area contributed by atoms with E-state index in [-0.39, 0.29) is 11.3 Å². The van der Waals surface area contributed by atoms with Gasteiger partial charge in [0.15, 0.2) is 0 Å². The van der Waals surface area contributed by atoms with Crippen LogP contribution in [0.25, 0.3) is 0 Å². The minimum absolute atomic E-state index is 0.00289. The first kappa shape index (κ1) is 13.8. The van der Waals surface area contributed by atoms with E-state index in [1.165, 1.54) is 6.42 Å². The Morgan fingerprint density at radius 1 is 1.50 bits per heavy atom. The molecule has 0 bridgehead atoms. The summed E-state index contributed by atoms with van der Waals surface area (Å²) in [6, 6.07) is 5.41. The molecule has 0 aromatic heterocycles. The van der Waals surface area contributed by atoms with Gasteiger partial charge in [-0.05, 0) is 52.9 Å². The second-order valence-electron chi connectivity index (χ2n) is 4.88. The third-order valence-corrected chi connectivity index (χ3v) is 5.01. The maximum atomic E-state index is 12.0. The lowest BCUT2D eigenvalue weighted by Gasteiger charge is -2.40. The molecule has 1 saturated carbocycles. The van der Waals surface area contributed by atoms with Crippen molar-refractivity contribution in [3.8, 4) is 0 Å². The summed E-state index contributed by atoms with van der Waals surface area (Å²) in [7, 11) is 0. The summed E-state index contributed by atoms with van der Waals surface area (Å²) in [5.74, 6) is 0.00289. The average molecular weight is 332 g/mol. The third-order valence-electron chi connectivity index (χ3n) is 3.61. The van der Waals surface area contributed by atoms with E-state index < -0.39 is 0 Å². The van der Waals surface area contributed by atoms with Crippen LogP contribution >= 0.6 is 27.5 Å². The van der Waals surface area contributed by atoms with Crippen LogP contribution in [0.3, 0.4) is 0 Å². The molecule has 98 valence electrons. The van der Waals surface area contributed by atoms with Gasteiger partial charge in [0.05, 0.1) is 15.2 Å². The summed E-state index contributed by atoms with van der Waals surface area (Å²) in [6.45, 7) is 0.580. The second-order valence-corrected chi connectivity index (χ2v) is 6.08. The quantitative estimate of drug-likeness (QED) is 0.886. The fourth-order valence-electron chi connectivity index (χ4n) is 2.27. The minimum atomic E-state index is 0.00289. The van der Waals surface area contributed by atoms with Gasteiger partial charge in [0.1, 0.15) is 0 Å². The third kappa shape index (κ3) is 2.87. The average Bonchev–Trinajstić information content (AvgIpc) is 2.30. The molecule has 18 heavy (non-hydrogen) atoms. The van der Waals surface area contributed by atoms with Crippen LogP contribution in [0.1, 0.15) is 25.7 Å². The van der Waals surface area contributed by atoms with Crippen molar-refractivity contribution in [2.45, 2.75) is 25.7 Å². The highest BCUT2D eigenvalue weighted by atomic mass is 79.9. The first-order chi connectivity index (χ1) is 8.56. The summed E-state index contributed by atoms with van der Waals surface area (Å²) in [5.41, 5.74) is 6.48. The molecule has 1 fully saturated rings. The maximum absolute atomic E-state index is 12.0. The molecule has 0 radical (unpaired) electrons. The van der Waals surface area contributed by atoms with Gasteiger partial charge in [-0.15, -0.1) is 0 Å². The number of hydrogen-bond acceptors (Lipinski definition) is 2. The van der Waals surface area contributed by atoms with Crippen LogP contribution in [-0.2, 0) is 4.79 Å². The van der Waals surface area contributed by atoms with E-state index in [0.29, 0.717) is 23.7 Å². The number of nitrogens with one attached hydrogen (secondary N) is 1. The molecule has 0 unspecified atom stereocenters. The number of amides is 1. The highest BCUT2D eigenvalue weighted by Crippen LogP contribution is 2.43. The van der Waals surface area contributed by atoms with Crippen molar-refractivity contribution in [3.05, 3.63) is 27.7 Å². The van der Waals surface area contributed by atoms with E-state index in [1.807, 2.05) is 12.1 Å². The van der Waals surface area contributed by atoms with Crippen molar-refractivity contribution in [1.29, 1.82) is 0 Å². The Balaban J connectivity index is 2.01. The van der Waals surface area contributed by atoms with Crippen molar-refractivity contribution < 1.29 is 4.79 Å². The molecule has 0 saturated heterocycles. The van der Waals surface area contributed by atoms with E-state index in [4.69, 9.17) is 17.3 Å². The smallest absolute Gasteiger partial charge is 0.225 e. The Bertz CT molecular complexity index is 455. The number of benzene rings is 1. The fraction of sp³-hybridized carbons (Fsp3) is 0.462. The van der Waals surface area contributed by atoms with Crippen molar-refractivity contribution in [2.24, 2.45) is 11.1 Å². The van der Waals surface area contributed by atoms with Gasteiger partial charge in [0.2, 0.25) is 5.91 Å². The highest BCUT2D eigenvalue weighted by molar-refractivity contribution is 9.10. The van der Waals surface area contributed by atoms with E-state index in [9.17, 15) is 4.79 Å². The normalized spacial score (nSPS) is 17.1. The summed E-state index contributed by atoms with van der Waals surface area (Å²) in [5, 5.41) is 3.47. The summed E-state index contributed by atoms with van der Waals surface area (Å²) in [4.78, 5) is 12.0. The van der Waals surface area contributed by atoms with E-state index in [1.54, 1.807) is 6.07 Å². The number of carbonyl (C=O) groups is 1. The van der Waals surface area contributed by atoms with E-state index >= 15 is 0 Å². The predicted molar refractivity (Wildman–Crippen MR) is 77.7 cm³/mol. The van der Waals surface area contributed by atoms with E-state index in [0.717, 1.165) is 17.3 Å². The number of nitrogens with two attached hydrogens (primary N) is 1. The molecule has 0 atom stereocenters. The summed E-state index contributed by atoms with van der Waals surface area (Å²) in [6.07, 6.45) is 3.76. The second kappa shape index (κ2) is 5.59. The van der Waals surface area contributed by atoms with Gasteiger partial charge >= 0.3 is 0 Å². The van der Waals surface area contributed by atoms with Gasteiger partial charge in [-0.25, -0.2) is 0 Å². The van der Waals surface area contributed by atoms with Gasteiger partial charge in [-0.1, -0.05) is 24.1 Å². The monoisotopic (exact) mass is 330 g/mol. The SMILES string of the molecule is NCC1(CC(=O)Nc2cccc(Cl)c2Br)CCC1. The molecular weight excluding hydrogens is 316 g/mol. The first-order valence-corrected chi connectivity index (χ1v) is 7.17. The van der Waals surface area contributed by atoms with Crippen molar-refractivity contribution in [2.75, 3.05) is 11.9 Å². The lowest BCUT2D eigenvalue weighted by molar-refractivity contribution is -0.119. The van der Waals surface area contributed by atoms with Crippen molar-refractivity contribution in [1.82, 2.24) is 0 Å². The molecule has 1 aliphatic carbocycles. The van der Waals surface area contributed by atoms with Gasteiger partial charge in [-0.2, -0.15) is 0 Å². The lowest BCUT2D eigenvalue weighted by atomic mass is 9.66. The Hall–Kier alpha value is -0.580. The predicted octanol–water partition coefficient (Wildman–Crippen LogP) is 3.56. The molecule has 0 spiro atoms. The van der Waals surface area contributed by atoms with Gasteiger partial charge in [0, 0.05) is 6.42 Å². The summed E-state index contributed by atoms with van der Waals surface area (Å²) < 4.78 is 0.718. The standard InChI is InChI=1S/C13H16BrClN2O/c14-12-9(15)3-1-4-10(12)17-11(18)7-13(8-16)5-2-6-13/h1,3-4H,2,5-8,16H2,(H,17,18). The lowest BCUT2D eigenvalue weighted by Crippen LogP contribution is -2.40. The van der Waals surface area contributed by atoms with Crippen molar-refractivity contribution in [3.63, 3.8) is 0 Å². The topological polar surface area (TPSA) is 55.1 Å². The zero-order chi connectivity index (χ0) is 13.2. The number of hydrogen-bond donors (Lipinski definition) is 2. The highest BCUT2D eigenvalue weighted by Gasteiger charge is 2.37. The molecule has 1 aromatic rings. The van der Waals surface area contributed by atoms with Crippen LogP contribution in [0, 0.1) is 5.41 Å². The van der Waals surface area contributed by atoms with E-state index in [2.05, 4.69) is 21.2 Å². The Kier molecular flexibility index (Phi) is 4.30. The van der Waals surface area contributed by atoms with Crippen LogP contribution in [0.15, 0.2) is 22.7 Å². The van der Waals surface area contributed by atoms with Crippen LogP contribution in [0.5, 0.6) is 0 Å². The minimum Gasteiger partial charge on any atom is -0.330 e. The molecule has 1 aromatic carbocycles. The fourth-order valence-corrected chi connectivity index (χ4v) is 2.80. The molecule has 3 nitrogen and oxygen atoms in total. The number of anilines is 1. The van der Waals surface area contributed by atoms with Gasteiger partial charge < -0.3 is 11.1 Å². The Morgan fingerprint density at radius 3 is 2.78 bits per heavy atom. The molecule has 1 amide bonds. The van der Waals surface area contributed by atoms with Crippen LogP contribution in [-0.4, -0.2) is 12.5 Å². The number of halogens is 2. The molecule has 5 heteroatoms. The zero-order valence-electron chi connectivity index (χ0n) is 10.0. The first-order valence-electron chi connectivity index (χ1n) is 6.00. The van der Waals surface area contributed by atoms with Gasteiger partial charge in [-0.3, -0.25) is 4.79 Å². The Morgan fingerprint density at radius 2 is 2.22 bits per heavy atom. The number of rotatable bonds is 4. The molecule has 3 N–H and O–H groups in total. The molecule has 0 aliphatic heterocycles. The van der Waals surface area contributed by atoms with Crippen LogP contribution < -0.4 is 11.1 Å². The largest absolute Gasteiger partial charge is 0.330 e. The molecule has 0 heterocycles. The van der Waals surface area contributed by atoms with Gasteiger partial charge in [0.25, 0.3) is 0 Å². The van der Waals surface area contributed by atoms with Crippen LogP contribution in [0.4, 0.5) is 5.69 Å². The molecular formula is C13H16BrClN2O.